The second-order valence-corrected chi connectivity index (χ2v) is 4.95. The zero-order chi connectivity index (χ0) is 15.7. The van der Waals surface area contributed by atoms with Crippen LogP contribution in [0.5, 0.6) is 0 Å². The van der Waals surface area contributed by atoms with Crippen LogP contribution in [0, 0.1) is 5.82 Å². The Labute approximate surface area is 125 Å². The van der Waals surface area contributed by atoms with Crippen LogP contribution in [0.25, 0.3) is 0 Å². The second kappa shape index (κ2) is 9.10. The third-order valence-electron chi connectivity index (χ3n) is 3.24. The molecule has 0 spiro atoms. The fourth-order valence-electron chi connectivity index (χ4n) is 2.03. The number of nitrogens with zero attached hydrogens (tertiary/aromatic N) is 1. The lowest BCUT2D eigenvalue weighted by Gasteiger charge is -2.21. The first-order chi connectivity index (χ1) is 10.0. The van der Waals surface area contributed by atoms with E-state index in [1.54, 1.807) is 23.1 Å². The molecule has 116 valence electrons. The van der Waals surface area contributed by atoms with E-state index in [0.29, 0.717) is 38.0 Å². The molecule has 0 saturated carbocycles. The molecule has 0 saturated heterocycles. The molecule has 0 aliphatic heterocycles. The highest BCUT2D eigenvalue weighted by Crippen LogP contribution is 2.07. The molecule has 1 aromatic rings. The van der Waals surface area contributed by atoms with Gasteiger partial charge in [-0.3, -0.25) is 9.59 Å². The molecule has 0 radical (unpaired) electrons. The zero-order valence-electron chi connectivity index (χ0n) is 12.7. The smallest absolute Gasteiger partial charge is 0.220 e. The van der Waals surface area contributed by atoms with Crippen LogP contribution in [-0.2, 0) is 16.0 Å². The zero-order valence-corrected chi connectivity index (χ0v) is 12.7. The summed E-state index contributed by atoms with van der Waals surface area (Å²) in [7, 11) is 0. The number of nitrogens with one attached hydrogen (secondary N) is 1. The van der Waals surface area contributed by atoms with E-state index in [4.69, 9.17) is 0 Å². The van der Waals surface area contributed by atoms with Crippen molar-refractivity contribution < 1.29 is 14.0 Å². The summed E-state index contributed by atoms with van der Waals surface area (Å²) in [6.45, 7) is 4.74. The monoisotopic (exact) mass is 294 g/mol. The third kappa shape index (κ3) is 6.38. The first-order valence-electron chi connectivity index (χ1n) is 7.30. The predicted molar refractivity (Wildman–Crippen MR) is 80.3 cm³/mol. The summed E-state index contributed by atoms with van der Waals surface area (Å²) in [4.78, 5) is 24.5. The van der Waals surface area contributed by atoms with Gasteiger partial charge in [-0.1, -0.05) is 25.1 Å². The second-order valence-electron chi connectivity index (χ2n) is 4.95. The van der Waals surface area contributed by atoms with Gasteiger partial charge in [0.2, 0.25) is 11.8 Å². The lowest BCUT2D eigenvalue weighted by atomic mass is 10.1. The molecule has 5 heteroatoms. The number of carbonyl (C=O) groups excluding carboxylic acids is 2. The van der Waals surface area contributed by atoms with Crippen LogP contribution >= 0.6 is 0 Å². The Kier molecular flexibility index (Phi) is 7.43. The van der Waals surface area contributed by atoms with E-state index in [1.807, 2.05) is 6.92 Å². The van der Waals surface area contributed by atoms with Crippen LogP contribution in [0.1, 0.15) is 32.3 Å². The summed E-state index contributed by atoms with van der Waals surface area (Å²) in [5.41, 5.74) is 0.596. The number of hydrogen-bond acceptors (Lipinski definition) is 2. The van der Waals surface area contributed by atoms with Crippen molar-refractivity contribution in [3.63, 3.8) is 0 Å². The minimum absolute atomic E-state index is 0.00453. The lowest BCUT2D eigenvalue weighted by Crippen LogP contribution is -2.38. The van der Waals surface area contributed by atoms with E-state index < -0.39 is 0 Å². The van der Waals surface area contributed by atoms with Crippen molar-refractivity contribution in [2.45, 2.75) is 33.1 Å². The van der Waals surface area contributed by atoms with E-state index >= 15 is 0 Å². The summed E-state index contributed by atoms with van der Waals surface area (Å²) in [5, 5.41) is 2.77. The number of halogens is 1. The maximum absolute atomic E-state index is 13.5. The van der Waals surface area contributed by atoms with Crippen LogP contribution in [-0.4, -0.2) is 36.3 Å². The average molecular weight is 294 g/mol. The van der Waals surface area contributed by atoms with Crippen molar-refractivity contribution in [1.29, 1.82) is 0 Å². The van der Waals surface area contributed by atoms with Gasteiger partial charge in [-0.15, -0.1) is 0 Å². The molecule has 4 nitrogen and oxygen atoms in total. The first kappa shape index (κ1) is 17.1. The van der Waals surface area contributed by atoms with Crippen LogP contribution in [0.4, 0.5) is 4.39 Å². The molecule has 2 amide bonds. The van der Waals surface area contributed by atoms with Gasteiger partial charge >= 0.3 is 0 Å². The molecule has 0 aromatic heterocycles. The minimum Gasteiger partial charge on any atom is -0.354 e. The predicted octanol–water partition coefficient (Wildman–Crippen LogP) is 2.13. The Morgan fingerprint density at radius 2 is 1.95 bits per heavy atom. The Bertz CT molecular complexity index is 477. The standard InChI is InChI=1S/C16H23FN2O2/c1-3-6-16(21)18-10-12-19(13(2)20)11-9-14-7-4-5-8-15(14)17/h4-5,7-8H,3,6,9-12H2,1-2H3,(H,18,21). The van der Waals surface area contributed by atoms with E-state index in [0.717, 1.165) is 6.42 Å². The number of rotatable bonds is 8. The van der Waals surface area contributed by atoms with Crippen LogP contribution in [0.2, 0.25) is 0 Å². The van der Waals surface area contributed by atoms with Crippen molar-refractivity contribution in [2.75, 3.05) is 19.6 Å². The van der Waals surface area contributed by atoms with E-state index in [-0.39, 0.29) is 17.6 Å². The number of carbonyl (C=O) groups is 2. The summed E-state index contributed by atoms with van der Waals surface area (Å²) in [6.07, 6.45) is 1.76. The van der Waals surface area contributed by atoms with Crippen LogP contribution < -0.4 is 5.32 Å². The Balaban J connectivity index is 2.42. The van der Waals surface area contributed by atoms with Crippen molar-refractivity contribution in [3.8, 4) is 0 Å². The van der Waals surface area contributed by atoms with Gasteiger partial charge in [0, 0.05) is 33.0 Å². The topological polar surface area (TPSA) is 49.4 Å². The quantitative estimate of drug-likeness (QED) is 0.798. The third-order valence-corrected chi connectivity index (χ3v) is 3.24. The molecule has 0 aliphatic rings. The van der Waals surface area contributed by atoms with Gasteiger partial charge in [0.25, 0.3) is 0 Å². The fraction of sp³-hybridized carbons (Fsp3) is 0.500. The lowest BCUT2D eigenvalue weighted by molar-refractivity contribution is -0.129. The first-order valence-corrected chi connectivity index (χ1v) is 7.30. The van der Waals surface area contributed by atoms with Gasteiger partial charge in [0.1, 0.15) is 5.82 Å². The SMILES string of the molecule is CCCC(=O)NCCN(CCc1ccccc1F)C(C)=O. The highest BCUT2D eigenvalue weighted by Gasteiger charge is 2.10. The average Bonchev–Trinajstić information content (AvgIpc) is 2.44. The molecule has 21 heavy (non-hydrogen) atoms. The van der Waals surface area contributed by atoms with E-state index in [1.165, 1.54) is 13.0 Å². The minimum atomic E-state index is -0.253. The molecule has 0 bridgehead atoms. The largest absolute Gasteiger partial charge is 0.354 e. The van der Waals surface area contributed by atoms with Gasteiger partial charge in [0.15, 0.2) is 0 Å². The molecule has 1 aromatic carbocycles. The maximum Gasteiger partial charge on any atom is 0.220 e. The molecule has 0 aliphatic carbocycles. The summed E-state index contributed by atoms with van der Waals surface area (Å²) in [5.74, 6) is -0.330. The molecular formula is C16H23FN2O2. The Morgan fingerprint density at radius 1 is 1.24 bits per heavy atom. The highest BCUT2D eigenvalue weighted by atomic mass is 19.1. The molecule has 0 atom stereocenters. The van der Waals surface area contributed by atoms with Gasteiger partial charge in [-0.2, -0.15) is 0 Å². The number of amides is 2. The fourth-order valence-corrected chi connectivity index (χ4v) is 2.03. The summed E-state index contributed by atoms with van der Waals surface area (Å²) in [6, 6.07) is 6.56. The van der Waals surface area contributed by atoms with E-state index in [2.05, 4.69) is 5.32 Å². The van der Waals surface area contributed by atoms with Crippen molar-refractivity contribution in [3.05, 3.63) is 35.6 Å². The van der Waals surface area contributed by atoms with Crippen molar-refractivity contribution in [2.24, 2.45) is 0 Å². The maximum atomic E-state index is 13.5. The summed E-state index contributed by atoms with van der Waals surface area (Å²) < 4.78 is 13.5. The van der Waals surface area contributed by atoms with Gasteiger partial charge < -0.3 is 10.2 Å². The molecule has 0 unspecified atom stereocenters. The molecule has 0 fully saturated rings. The Hall–Kier alpha value is -1.91. The van der Waals surface area contributed by atoms with Crippen LogP contribution in [0.3, 0.4) is 0 Å². The molecule has 0 heterocycles. The van der Waals surface area contributed by atoms with Gasteiger partial charge in [-0.25, -0.2) is 4.39 Å². The van der Waals surface area contributed by atoms with Gasteiger partial charge in [-0.05, 0) is 24.5 Å². The highest BCUT2D eigenvalue weighted by molar-refractivity contribution is 5.76. The molecule has 1 rings (SSSR count). The molecule has 1 N–H and O–H groups in total. The van der Waals surface area contributed by atoms with Crippen molar-refractivity contribution >= 4 is 11.8 Å². The van der Waals surface area contributed by atoms with E-state index in [9.17, 15) is 14.0 Å². The Morgan fingerprint density at radius 3 is 2.57 bits per heavy atom. The summed E-state index contributed by atoms with van der Waals surface area (Å²) >= 11 is 0. The number of benzene rings is 1. The number of hydrogen-bond donors (Lipinski definition) is 1. The molecular weight excluding hydrogens is 271 g/mol. The normalized spacial score (nSPS) is 10.2. The van der Waals surface area contributed by atoms with Gasteiger partial charge in [0.05, 0.1) is 0 Å². The van der Waals surface area contributed by atoms with Crippen molar-refractivity contribution in [1.82, 2.24) is 10.2 Å². The van der Waals surface area contributed by atoms with Crippen LogP contribution in [0.15, 0.2) is 24.3 Å².